The largest absolute Gasteiger partial charge is 0.487 e. The molecule has 142 valence electrons. The Morgan fingerprint density at radius 1 is 1.19 bits per heavy atom. The van der Waals surface area contributed by atoms with Crippen LogP contribution in [0.4, 0.5) is 13.2 Å². The number of rotatable bonds is 5. The molecule has 0 bridgehead atoms. The summed E-state index contributed by atoms with van der Waals surface area (Å²) in [5, 5.41) is 9.18. The number of nitriles is 1. The van der Waals surface area contributed by atoms with Gasteiger partial charge in [-0.3, -0.25) is 0 Å². The van der Waals surface area contributed by atoms with Gasteiger partial charge in [0.25, 0.3) is 0 Å². The zero-order chi connectivity index (χ0) is 20.2. The zero-order valence-electron chi connectivity index (χ0n) is 14.1. The van der Waals surface area contributed by atoms with Crippen LogP contribution in [0, 0.1) is 11.3 Å². The fourth-order valence-electron chi connectivity index (χ4n) is 2.05. The van der Waals surface area contributed by atoms with Crippen LogP contribution in [-0.2, 0) is 10.9 Å². The van der Waals surface area contributed by atoms with Crippen LogP contribution < -0.4 is 9.47 Å². The molecular weight excluding hydrogens is 403 g/mol. The third-order valence-electron chi connectivity index (χ3n) is 3.40. The van der Waals surface area contributed by atoms with E-state index in [2.05, 4.69) is 0 Å². The van der Waals surface area contributed by atoms with Crippen LogP contribution in [0.1, 0.15) is 18.1 Å². The predicted molar refractivity (Wildman–Crippen MR) is 97.4 cm³/mol. The second-order valence-corrected chi connectivity index (χ2v) is 6.11. The van der Waals surface area contributed by atoms with Crippen molar-refractivity contribution in [2.45, 2.75) is 19.2 Å². The first-order valence-electron chi connectivity index (χ1n) is 7.49. The number of nitrogens with zero attached hydrogens (tertiary/aromatic N) is 1. The molecule has 2 rings (SSSR count). The lowest BCUT2D eigenvalue weighted by Crippen LogP contribution is -2.23. The standard InChI is InChI=1S/C18H13ClF3NO3S/c1-10(17(27)24-2)25-16-8-13(5-3-11(16)9-23)26-15-6-4-12(7-14(15)19)18(20,21)22/h3-8,10H,1-2H3. The average molecular weight is 416 g/mol. The third-order valence-corrected chi connectivity index (χ3v) is 4.19. The molecule has 0 aliphatic rings. The van der Waals surface area contributed by atoms with E-state index in [0.29, 0.717) is 0 Å². The molecule has 0 radical (unpaired) electrons. The lowest BCUT2D eigenvalue weighted by Gasteiger charge is -2.17. The van der Waals surface area contributed by atoms with Crippen LogP contribution >= 0.6 is 23.8 Å². The molecule has 0 saturated carbocycles. The molecule has 0 spiro atoms. The molecular formula is C18H13ClF3NO3S. The van der Waals surface area contributed by atoms with Gasteiger partial charge in [0.15, 0.2) is 11.2 Å². The van der Waals surface area contributed by atoms with Crippen molar-refractivity contribution in [1.29, 1.82) is 5.26 Å². The molecule has 9 heteroatoms. The molecule has 0 aromatic heterocycles. The monoisotopic (exact) mass is 415 g/mol. The fourth-order valence-corrected chi connectivity index (χ4v) is 2.31. The van der Waals surface area contributed by atoms with Gasteiger partial charge in [-0.05, 0) is 49.5 Å². The van der Waals surface area contributed by atoms with E-state index in [0.717, 1.165) is 18.2 Å². The molecule has 0 aliphatic carbocycles. The molecule has 2 aromatic rings. The van der Waals surface area contributed by atoms with E-state index in [1.807, 2.05) is 6.07 Å². The van der Waals surface area contributed by atoms with Crippen molar-refractivity contribution in [3.05, 3.63) is 52.5 Å². The third kappa shape index (κ3) is 5.25. The first-order chi connectivity index (χ1) is 12.7. The van der Waals surface area contributed by atoms with Crippen LogP contribution in [0.5, 0.6) is 17.2 Å². The molecule has 1 unspecified atom stereocenters. The Balaban J connectivity index is 2.29. The number of methoxy groups -OCH3 is 1. The molecule has 0 saturated heterocycles. The number of benzene rings is 2. The summed E-state index contributed by atoms with van der Waals surface area (Å²) in [5.74, 6) is 0.437. The van der Waals surface area contributed by atoms with Gasteiger partial charge < -0.3 is 14.2 Å². The highest BCUT2D eigenvalue weighted by Gasteiger charge is 2.31. The summed E-state index contributed by atoms with van der Waals surface area (Å²) in [6.45, 7) is 1.65. The molecule has 1 atom stereocenters. The van der Waals surface area contributed by atoms with E-state index in [-0.39, 0.29) is 32.9 Å². The van der Waals surface area contributed by atoms with Gasteiger partial charge in [-0.2, -0.15) is 18.4 Å². The summed E-state index contributed by atoms with van der Waals surface area (Å²) in [6.07, 6.45) is -5.12. The van der Waals surface area contributed by atoms with Gasteiger partial charge in [-0.1, -0.05) is 11.6 Å². The van der Waals surface area contributed by atoms with Crippen molar-refractivity contribution in [2.24, 2.45) is 0 Å². The average Bonchev–Trinajstić information content (AvgIpc) is 2.62. The van der Waals surface area contributed by atoms with Crippen LogP contribution in [0.2, 0.25) is 5.02 Å². The van der Waals surface area contributed by atoms with Crippen molar-refractivity contribution >= 4 is 28.9 Å². The number of thiocarbonyl (C=S) groups is 1. The number of alkyl halides is 3. The molecule has 4 nitrogen and oxygen atoms in total. The van der Waals surface area contributed by atoms with E-state index >= 15 is 0 Å². The molecule has 27 heavy (non-hydrogen) atoms. The second kappa shape index (κ2) is 8.46. The summed E-state index contributed by atoms with van der Waals surface area (Å²) in [4.78, 5) is 0. The predicted octanol–water partition coefficient (Wildman–Crippen LogP) is 5.76. The SMILES string of the molecule is COC(=S)C(C)Oc1cc(Oc2ccc(C(F)(F)F)cc2Cl)ccc1C#N. The number of halogens is 4. The smallest absolute Gasteiger partial charge is 0.416 e. The maximum Gasteiger partial charge on any atom is 0.416 e. The lowest BCUT2D eigenvalue weighted by atomic mass is 10.2. The molecule has 0 aliphatic heterocycles. The van der Waals surface area contributed by atoms with Crippen LogP contribution in [-0.4, -0.2) is 18.3 Å². The maximum atomic E-state index is 12.7. The van der Waals surface area contributed by atoms with Gasteiger partial charge >= 0.3 is 6.18 Å². The summed E-state index contributed by atoms with van der Waals surface area (Å²) >= 11 is 10.9. The maximum absolute atomic E-state index is 12.7. The quantitative estimate of drug-likeness (QED) is 0.581. The Kier molecular flexibility index (Phi) is 6.52. The summed E-state index contributed by atoms with van der Waals surface area (Å²) in [6, 6.07) is 9.06. The Morgan fingerprint density at radius 2 is 1.89 bits per heavy atom. The number of hydrogen-bond acceptors (Lipinski definition) is 5. The Hall–Kier alpha value is -2.50. The summed E-state index contributed by atoms with van der Waals surface area (Å²) in [7, 11) is 1.40. The zero-order valence-corrected chi connectivity index (χ0v) is 15.7. The molecule has 0 amide bonds. The normalized spacial score (nSPS) is 12.0. The van der Waals surface area contributed by atoms with E-state index < -0.39 is 17.8 Å². The van der Waals surface area contributed by atoms with Crippen molar-refractivity contribution < 1.29 is 27.4 Å². The van der Waals surface area contributed by atoms with Crippen molar-refractivity contribution in [3.8, 4) is 23.3 Å². The van der Waals surface area contributed by atoms with E-state index in [4.69, 9.17) is 38.0 Å². The minimum Gasteiger partial charge on any atom is -0.487 e. The topological polar surface area (TPSA) is 51.5 Å². The lowest BCUT2D eigenvalue weighted by molar-refractivity contribution is -0.137. The Labute approximate surface area is 164 Å². The van der Waals surface area contributed by atoms with Crippen molar-refractivity contribution in [3.63, 3.8) is 0 Å². The Morgan fingerprint density at radius 3 is 2.44 bits per heavy atom. The highest BCUT2D eigenvalue weighted by molar-refractivity contribution is 7.80. The van der Waals surface area contributed by atoms with Gasteiger partial charge in [0, 0.05) is 6.07 Å². The van der Waals surface area contributed by atoms with Crippen molar-refractivity contribution in [2.75, 3.05) is 7.11 Å². The molecule has 0 heterocycles. The first-order valence-corrected chi connectivity index (χ1v) is 8.27. The van der Waals surface area contributed by atoms with E-state index in [9.17, 15) is 18.4 Å². The molecule has 0 fully saturated rings. The summed E-state index contributed by atoms with van der Waals surface area (Å²) < 4.78 is 54.2. The van der Waals surface area contributed by atoms with Crippen LogP contribution in [0.25, 0.3) is 0 Å². The number of hydrogen-bond donors (Lipinski definition) is 0. The molecule has 0 N–H and O–H groups in total. The Bertz CT molecular complexity index is 896. The fraction of sp³-hybridized carbons (Fsp3) is 0.222. The van der Waals surface area contributed by atoms with Gasteiger partial charge in [0.2, 0.25) is 0 Å². The van der Waals surface area contributed by atoms with E-state index in [1.54, 1.807) is 6.92 Å². The number of ether oxygens (including phenoxy) is 3. The van der Waals surface area contributed by atoms with Crippen molar-refractivity contribution in [1.82, 2.24) is 0 Å². The van der Waals surface area contributed by atoms with Crippen LogP contribution in [0.3, 0.4) is 0 Å². The highest BCUT2D eigenvalue weighted by atomic mass is 35.5. The van der Waals surface area contributed by atoms with Gasteiger partial charge in [0.05, 0.1) is 23.3 Å². The summed E-state index contributed by atoms with van der Waals surface area (Å²) in [5.41, 5.74) is -0.655. The van der Waals surface area contributed by atoms with Gasteiger partial charge in [0.1, 0.15) is 23.3 Å². The van der Waals surface area contributed by atoms with Crippen LogP contribution in [0.15, 0.2) is 36.4 Å². The molecule has 2 aromatic carbocycles. The minimum absolute atomic E-state index is 0.0285. The van der Waals surface area contributed by atoms with Gasteiger partial charge in [-0.25, -0.2) is 0 Å². The first kappa shape index (κ1) is 20.8. The van der Waals surface area contributed by atoms with E-state index in [1.165, 1.54) is 25.3 Å². The second-order valence-electron chi connectivity index (χ2n) is 5.30. The highest BCUT2D eigenvalue weighted by Crippen LogP contribution is 2.37. The minimum atomic E-state index is -4.51. The van der Waals surface area contributed by atoms with Gasteiger partial charge in [-0.15, -0.1) is 0 Å².